The van der Waals surface area contributed by atoms with Gasteiger partial charge in [-0.15, -0.1) is 11.3 Å². The Morgan fingerprint density at radius 3 is 2.95 bits per heavy atom. The molecule has 2 aromatic rings. The molecule has 0 radical (unpaired) electrons. The number of methoxy groups -OCH3 is 1. The maximum atomic E-state index is 11.8. The van der Waals surface area contributed by atoms with Crippen molar-refractivity contribution in [2.75, 3.05) is 19.0 Å². The number of amides is 1. The van der Waals surface area contributed by atoms with E-state index in [9.17, 15) is 9.59 Å². The van der Waals surface area contributed by atoms with Crippen molar-refractivity contribution in [3.05, 3.63) is 40.8 Å². The molecule has 6 nitrogen and oxygen atoms in total. The van der Waals surface area contributed by atoms with Gasteiger partial charge in [0.15, 0.2) is 12.9 Å². The largest absolute Gasteiger partial charge is 0.497 e. The molecule has 0 saturated heterocycles. The first kappa shape index (κ1) is 15.5. The third-order valence-corrected chi connectivity index (χ3v) is 3.57. The van der Waals surface area contributed by atoms with Gasteiger partial charge in [0.2, 0.25) is 0 Å². The fraction of sp³-hybridized carbons (Fsp3) is 0.133. The van der Waals surface area contributed by atoms with Gasteiger partial charge in [0, 0.05) is 0 Å². The van der Waals surface area contributed by atoms with Crippen molar-refractivity contribution in [3.8, 4) is 17.6 Å². The maximum Gasteiger partial charge on any atom is 0.262 e. The molecule has 1 aromatic carbocycles. The van der Waals surface area contributed by atoms with E-state index >= 15 is 0 Å². The Labute approximate surface area is 130 Å². The molecule has 22 heavy (non-hydrogen) atoms. The fourth-order valence-electron chi connectivity index (χ4n) is 1.68. The van der Waals surface area contributed by atoms with E-state index in [0.717, 1.165) is 0 Å². The number of anilines is 1. The van der Waals surface area contributed by atoms with Crippen LogP contribution in [0.15, 0.2) is 29.6 Å². The van der Waals surface area contributed by atoms with Crippen LogP contribution in [0.25, 0.3) is 0 Å². The van der Waals surface area contributed by atoms with Gasteiger partial charge in [-0.05, 0) is 29.6 Å². The molecule has 7 heteroatoms. The number of thiophene rings is 1. The van der Waals surface area contributed by atoms with Crippen LogP contribution >= 0.6 is 11.3 Å². The Morgan fingerprint density at radius 1 is 1.45 bits per heavy atom. The van der Waals surface area contributed by atoms with Gasteiger partial charge in [-0.2, -0.15) is 5.26 Å². The number of carbonyl (C=O) groups is 2. The Hall–Kier alpha value is -2.85. The number of aldehydes is 1. The van der Waals surface area contributed by atoms with Crippen LogP contribution in [0.5, 0.6) is 11.5 Å². The summed E-state index contributed by atoms with van der Waals surface area (Å²) in [6.45, 7) is -0.268. The molecule has 0 bridgehead atoms. The fourth-order valence-corrected chi connectivity index (χ4v) is 2.43. The molecule has 2 rings (SSSR count). The third kappa shape index (κ3) is 3.62. The van der Waals surface area contributed by atoms with Crippen LogP contribution in [0.4, 0.5) is 5.00 Å². The summed E-state index contributed by atoms with van der Waals surface area (Å²) in [6.07, 6.45) is 0.628. The van der Waals surface area contributed by atoms with Gasteiger partial charge >= 0.3 is 0 Å². The number of hydrogen-bond donors (Lipinski definition) is 1. The average Bonchev–Trinajstić information content (AvgIpc) is 2.99. The van der Waals surface area contributed by atoms with Crippen LogP contribution in [-0.2, 0) is 4.79 Å². The van der Waals surface area contributed by atoms with Gasteiger partial charge in [0.05, 0.1) is 18.2 Å². The summed E-state index contributed by atoms with van der Waals surface area (Å²) in [4.78, 5) is 22.8. The van der Waals surface area contributed by atoms with Gasteiger partial charge in [-0.1, -0.05) is 0 Å². The topological polar surface area (TPSA) is 88.4 Å². The third-order valence-electron chi connectivity index (χ3n) is 2.74. The smallest absolute Gasteiger partial charge is 0.262 e. The number of carbonyl (C=O) groups excluding carboxylic acids is 2. The number of benzene rings is 1. The Bertz CT molecular complexity index is 733. The van der Waals surface area contributed by atoms with E-state index < -0.39 is 5.91 Å². The van der Waals surface area contributed by atoms with Gasteiger partial charge in [0.1, 0.15) is 22.6 Å². The number of rotatable bonds is 6. The molecule has 112 valence electrons. The summed E-state index contributed by atoms with van der Waals surface area (Å²) in [5, 5.41) is 13.6. The Morgan fingerprint density at radius 2 is 2.27 bits per heavy atom. The highest BCUT2D eigenvalue weighted by atomic mass is 32.1. The highest BCUT2D eigenvalue weighted by molar-refractivity contribution is 7.14. The Kier molecular flexibility index (Phi) is 5.11. The molecular weight excluding hydrogens is 304 g/mol. The van der Waals surface area contributed by atoms with Crippen LogP contribution < -0.4 is 14.8 Å². The lowest BCUT2D eigenvalue weighted by atomic mass is 10.2. The van der Waals surface area contributed by atoms with E-state index in [1.807, 2.05) is 6.07 Å². The molecule has 0 aliphatic heterocycles. The molecule has 0 unspecified atom stereocenters. The molecule has 0 fully saturated rings. The second-order valence-electron chi connectivity index (χ2n) is 4.13. The van der Waals surface area contributed by atoms with Crippen LogP contribution in [0.1, 0.15) is 15.9 Å². The van der Waals surface area contributed by atoms with Gasteiger partial charge in [0.25, 0.3) is 5.91 Å². The summed E-state index contributed by atoms with van der Waals surface area (Å²) < 4.78 is 10.3. The standard InChI is InChI=1S/C15H12N2O4S/c1-20-12-2-3-13(11(6-12)8-18)21-9-14(19)17-15-10(7-16)4-5-22-15/h2-6,8H,9H2,1H3,(H,17,19). The first-order chi connectivity index (χ1) is 10.7. The molecule has 0 spiro atoms. The minimum atomic E-state index is -0.411. The van der Waals surface area contributed by atoms with Crippen molar-refractivity contribution in [1.29, 1.82) is 5.26 Å². The molecule has 0 aliphatic rings. The number of nitrogens with one attached hydrogen (secondary N) is 1. The van der Waals surface area contributed by atoms with E-state index in [1.165, 1.54) is 24.5 Å². The molecule has 0 saturated carbocycles. The first-order valence-electron chi connectivity index (χ1n) is 6.21. The van der Waals surface area contributed by atoms with Crippen molar-refractivity contribution in [2.24, 2.45) is 0 Å². The number of hydrogen-bond acceptors (Lipinski definition) is 6. The van der Waals surface area contributed by atoms with Gasteiger partial charge in [-0.3, -0.25) is 9.59 Å². The monoisotopic (exact) mass is 316 g/mol. The van der Waals surface area contributed by atoms with Crippen molar-refractivity contribution in [3.63, 3.8) is 0 Å². The highest BCUT2D eigenvalue weighted by Gasteiger charge is 2.11. The predicted molar refractivity (Wildman–Crippen MR) is 81.5 cm³/mol. The number of nitrogens with zero attached hydrogens (tertiary/aromatic N) is 1. The lowest BCUT2D eigenvalue weighted by Crippen LogP contribution is -2.20. The minimum Gasteiger partial charge on any atom is -0.497 e. The van der Waals surface area contributed by atoms with Gasteiger partial charge < -0.3 is 14.8 Å². The second kappa shape index (κ2) is 7.24. The van der Waals surface area contributed by atoms with E-state index in [0.29, 0.717) is 28.2 Å². The van der Waals surface area contributed by atoms with E-state index in [1.54, 1.807) is 23.6 Å². The van der Waals surface area contributed by atoms with Crippen molar-refractivity contribution >= 4 is 28.5 Å². The average molecular weight is 316 g/mol. The van der Waals surface area contributed by atoms with E-state index in [-0.39, 0.29) is 12.4 Å². The summed E-state index contributed by atoms with van der Waals surface area (Å²) in [5.74, 6) is 0.403. The maximum absolute atomic E-state index is 11.8. The van der Waals surface area contributed by atoms with Crippen LogP contribution in [0.2, 0.25) is 0 Å². The van der Waals surface area contributed by atoms with E-state index in [2.05, 4.69) is 5.32 Å². The predicted octanol–water partition coefficient (Wildman–Crippen LogP) is 2.46. The molecule has 1 amide bonds. The second-order valence-corrected chi connectivity index (χ2v) is 5.05. The van der Waals surface area contributed by atoms with Crippen molar-refractivity contribution in [2.45, 2.75) is 0 Å². The zero-order valence-electron chi connectivity index (χ0n) is 11.7. The zero-order chi connectivity index (χ0) is 15.9. The lowest BCUT2D eigenvalue weighted by molar-refractivity contribution is -0.118. The molecular formula is C15H12N2O4S. The lowest BCUT2D eigenvalue weighted by Gasteiger charge is -2.09. The van der Waals surface area contributed by atoms with Crippen LogP contribution in [-0.4, -0.2) is 25.9 Å². The highest BCUT2D eigenvalue weighted by Crippen LogP contribution is 2.24. The quantitative estimate of drug-likeness (QED) is 0.827. The van der Waals surface area contributed by atoms with Gasteiger partial charge in [-0.25, -0.2) is 0 Å². The number of nitriles is 1. The van der Waals surface area contributed by atoms with Crippen LogP contribution in [0, 0.1) is 11.3 Å². The molecule has 0 atom stereocenters. The summed E-state index contributed by atoms with van der Waals surface area (Å²) >= 11 is 1.25. The molecule has 1 heterocycles. The summed E-state index contributed by atoms with van der Waals surface area (Å²) in [5.41, 5.74) is 0.692. The van der Waals surface area contributed by atoms with Crippen molar-refractivity contribution < 1.29 is 19.1 Å². The first-order valence-corrected chi connectivity index (χ1v) is 7.09. The van der Waals surface area contributed by atoms with Crippen LogP contribution in [0.3, 0.4) is 0 Å². The van der Waals surface area contributed by atoms with E-state index in [4.69, 9.17) is 14.7 Å². The Balaban J connectivity index is 1.99. The summed E-state index contributed by atoms with van der Waals surface area (Å²) in [6, 6.07) is 8.31. The zero-order valence-corrected chi connectivity index (χ0v) is 12.5. The molecule has 1 N–H and O–H groups in total. The summed E-state index contributed by atoms with van der Waals surface area (Å²) in [7, 11) is 1.49. The van der Waals surface area contributed by atoms with Crippen molar-refractivity contribution in [1.82, 2.24) is 0 Å². The molecule has 0 aliphatic carbocycles. The SMILES string of the molecule is COc1ccc(OCC(=O)Nc2sccc2C#N)c(C=O)c1. The minimum absolute atomic E-state index is 0.268. The number of ether oxygens (including phenoxy) is 2. The molecule has 1 aromatic heterocycles. The normalized spacial score (nSPS) is 9.64.